The molecule has 0 bridgehead atoms. The molecule has 0 aliphatic carbocycles. The Morgan fingerprint density at radius 2 is 1.62 bits per heavy atom. The first-order valence-electron chi connectivity index (χ1n) is 6.20. The van der Waals surface area contributed by atoms with Crippen molar-refractivity contribution in [1.82, 2.24) is 5.32 Å². The highest BCUT2D eigenvalue weighted by Gasteiger charge is 2.14. The number of halogens is 1. The highest BCUT2D eigenvalue weighted by molar-refractivity contribution is 6.34. The number of benzene rings is 2. The average molecular weight is 301 g/mol. The second-order valence-corrected chi connectivity index (χ2v) is 4.67. The number of carbonyl (C=O) groups is 2. The van der Waals surface area contributed by atoms with E-state index < -0.39 is 11.8 Å². The Balaban J connectivity index is 2.26. The third-order valence-corrected chi connectivity index (χ3v) is 3.07. The summed E-state index contributed by atoms with van der Waals surface area (Å²) in [6.07, 6.45) is 1.51. The van der Waals surface area contributed by atoms with Crippen molar-refractivity contribution in [2.24, 2.45) is 5.73 Å². The van der Waals surface area contributed by atoms with Gasteiger partial charge in [-0.1, -0.05) is 54.1 Å². The minimum Gasteiger partial charge on any atom is -0.364 e. The summed E-state index contributed by atoms with van der Waals surface area (Å²) in [5, 5.41) is 2.79. The fourth-order valence-electron chi connectivity index (χ4n) is 1.72. The van der Waals surface area contributed by atoms with E-state index in [1.54, 1.807) is 36.4 Å². The lowest BCUT2D eigenvalue weighted by atomic mass is 10.1. The van der Waals surface area contributed by atoms with Crippen LogP contribution in [0.2, 0.25) is 5.02 Å². The third kappa shape index (κ3) is 3.94. The van der Waals surface area contributed by atoms with Crippen LogP contribution in [0.1, 0.15) is 15.9 Å². The van der Waals surface area contributed by atoms with Crippen LogP contribution in [0.5, 0.6) is 0 Å². The van der Waals surface area contributed by atoms with Gasteiger partial charge in [0.15, 0.2) is 0 Å². The molecular weight excluding hydrogens is 288 g/mol. The molecule has 0 saturated heterocycles. The van der Waals surface area contributed by atoms with E-state index in [1.807, 2.05) is 18.2 Å². The lowest BCUT2D eigenvalue weighted by Crippen LogP contribution is -2.31. The molecular formula is C16H13ClN2O2. The molecule has 0 aliphatic heterocycles. The Hall–Kier alpha value is -2.59. The monoisotopic (exact) mass is 300 g/mol. The Labute approximate surface area is 127 Å². The Morgan fingerprint density at radius 3 is 2.24 bits per heavy atom. The number of nitrogens with two attached hydrogens (primary N) is 1. The van der Waals surface area contributed by atoms with Gasteiger partial charge >= 0.3 is 0 Å². The molecule has 0 radical (unpaired) electrons. The molecule has 3 N–H and O–H groups in total. The molecule has 0 unspecified atom stereocenters. The zero-order valence-electron chi connectivity index (χ0n) is 11.0. The van der Waals surface area contributed by atoms with Gasteiger partial charge in [0.2, 0.25) is 0 Å². The molecule has 0 aromatic heterocycles. The predicted molar refractivity (Wildman–Crippen MR) is 82.5 cm³/mol. The van der Waals surface area contributed by atoms with E-state index >= 15 is 0 Å². The lowest BCUT2D eigenvalue weighted by molar-refractivity contribution is -0.114. The van der Waals surface area contributed by atoms with Gasteiger partial charge < -0.3 is 11.1 Å². The van der Waals surface area contributed by atoms with E-state index in [2.05, 4.69) is 5.32 Å². The Bertz CT molecular complexity index is 696. The molecule has 2 aromatic rings. The van der Waals surface area contributed by atoms with Crippen LogP contribution in [0.25, 0.3) is 6.08 Å². The first-order chi connectivity index (χ1) is 10.1. The maximum atomic E-state index is 12.1. The third-order valence-electron chi connectivity index (χ3n) is 2.74. The summed E-state index contributed by atoms with van der Waals surface area (Å²) >= 11 is 5.95. The quantitative estimate of drug-likeness (QED) is 0.852. The van der Waals surface area contributed by atoms with Crippen LogP contribution in [0.4, 0.5) is 0 Å². The number of hydrogen-bond acceptors (Lipinski definition) is 2. The van der Waals surface area contributed by atoms with Gasteiger partial charge in [-0.25, -0.2) is 0 Å². The first kappa shape index (κ1) is 14.8. The summed E-state index contributed by atoms with van der Waals surface area (Å²) in [7, 11) is 0. The van der Waals surface area contributed by atoms with Gasteiger partial charge in [-0.3, -0.25) is 9.59 Å². The van der Waals surface area contributed by atoms with Crippen LogP contribution < -0.4 is 11.1 Å². The zero-order chi connectivity index (χ0) is 15.2. The molecule has 5 heteroatoms. The minimum absolute atomic E-state index is 0.00567. The normalized spacial score (nSPS) is 11.0. The van der Waals surface area contributed by atoms with Crippen LogP contribution >= 0.6 is 11.6 Å². The van der Waals surface area contributed by atoms with Gasteiger partial charge in [0.1, 0.15) is 5.70 Å². The van der Waals surface area contributed by atoms with Crippen LogP contribution in [-0.4, -0.2) is 11.8 Å². The second kappa shape index (κ2) is 6.72. The molecule has 0 saturated carbocycles. The summed E-state index contributed by atoms with van der Waals surface area (Å²) in [6.45, 7) is 0. The van der Waals surface area contributed by atoms with E-state index in [4.69, 9.17) is 17.3 Å². The average Bonchev–Trinajstić information content (AvgIpc) is 2.48. The number of primary amides is 1. The molecule has 2 aromatic carbocycles. The zero-order valence-corrected chi connectivity index (χ0v) is 11.8. The SMILES string of the molecule is NC(=O)C(=Cc1ccccc1)NC(=O)c1ccccc1Cl. The lowest BCUT2D eigenvalue weighted by Gasteiger charge is -2.08. The maximum absolute atomic E-state index is 12.1. The largest absolute Gasteiger partial charge is 0.364 e. The Kier molecular flexibility index (Phi) is 4.74. The molecule has 0 atom stereocenters. The molecule has 2 amide bonds. The van der Waals surface area contributed by atoms with Gasteiger partial charge in [-0.15, -0.1) is 0 Å². The molecule has 2 rings (SSSR count). The van der Waals surface area contributed by atoms with Crippen molar-refractivity contribution in [3.05, 3.63) is 76.4 Å². The number of nitrogens with one attached hydrogen (secondary N) is 1. The van der Waals surface area contributed by atoms with Crippen LogP contribution in [0, 0.1) is 0 Å². The predicted octanol–water partition coefficient (Wildman–Crippen LogP) is 2.60. The summed E-state index contributed by atoms with van der Waals surface area (Å²) in [6, 6.07) is 15.7. The minimum atomic E-state index is -0.723. The first-order valence-corrected chi connectivity index (χ1v) is 6.58. The van der Waals surface area contributed by atoms with Crippen molar-refractivity contribution in [1.29, 1.82) is 0 Å². The van der Waals surface area contributed by atoms with E-state index in [1.165, 1.54) is 6.08 Å². The van der Waals surface area contributed by atoms with Crippen molar-refractivity contribution in [2.45, 2.75) is 0 Å². The van der Waals surface area contributed by atoms with Crippen LogP contribution in [0.3, 0.4) is 0 Å². The smallest absolute Gasteiger partial charge is 0.265 e. The fraction of sp³-hybridized carbons (Fsp3) is 0. The summed E-state index contributed by atoms with van der Waals surface area (Å²) in [5.41, 5.74) is 6.33. The topological polar surface area (TPSA) is 72.2 Å². The standard InChI is InChI=1S/C16H13ClN2O2/c17-13-9-5-4-8-12(13)16(21)19-14(15(18)20)10-11-6-2-1-3-7-11/h1-10H,(H2,18,20)(H,19,21). The molecule has 4 nitrogen and oxygen atoms in total. The van der Waals surface area contributed by atoms with Gasteiger partial charge in [0, 0.05) is 0 Å². The fourth-order valence-corrected chi connectivity index (χ4v) is 1.94. The summed E-state index contributed by atoms with van der Waals surface area (Å²) in [4.78, 5) is 23.6. The molecule has 0 aliphatic rings. The van der Waals surface area contributed by atoms with Gasteiger partial charge in [-0.05, 0) is 23.8 Å². The highest BCUT2D eigenvalue weighted by Crippen LogP contribution is 2.15. The number of carbonyl (C=O) groups excluding carboxylic acids is 2. The number of hydrogen-bond donors (Lipinski definition) is 2. The van der Waals surface area contributed by atoms with Gasteiger partial charge in [-0.2, -0.15) is 0 Å². The van der Waals surface area contributed by atoms with E-state index in [9.17, 15) is 9.59 Å². The van der Waals surface area contributed by atoms with Crippen molar-refractivity contribution >= 4 is 29.5 Å². The molecule has 0 fully saturated rings. The van der Waals surface area contributed by atoms with Crippen molar-refractivity contribution in [3.8, 4) is 0 Å². The van der Waals surface area contributed by atoms with Gasteiger partial charge in [0.25, 0.3) is 11.8 Å². The van der Waals surface area contributed by atoms with Gasteiger partial charge in [0.05, 0.1) is 10.6 Å². The van der Waals surface area contributed by atoms with Crippen LogP contribution in [0.15, 0.2) is 60.3 Å². The molecule has 106 valence electrons. The summed E-state index contributed by atoms with van der Waals surface area (Å²) < 4.78 is 0. The second-order valence-electron chi connectivity index (χ2n) is 4.27. The highest BCUT2D eigenvalue weighted by atomic mass is 35.5. The molecule has 0 spiro atoms. The van der Waals surface area contributed by atoms with E-state index in [0.29, 0.717) is 5.02 Å². The molecule has 0 heterocycles. The number of rotatable bonds is 4. The molecule has 21 heavy (non-hydrogen) atoms. The summed E-state index contributed by atoms with van der Waals surface area (Å²) in [5.74, 6) is -1.21. The van der Waals surface area contributed by atoms with Crippen molar-refractivity contribution in [3.63, 3.8) is 0 Å². The Morgan fingerprint density at radius 1 is 1.00 bits per heavy atom. The van der Waals surface area contributed by atoms with Crippen molar-refractivity contribution < 1.29 is 9.59 Å². The van der Waals surface area contributed by atoms with E-state index in [-0.39, 0.29) is 11.3 Å². The van der Waals surface area contributed by atoms with Crippen molar-refractivity contribution in [2.75, 3.05) is 0 Å². The number of amides is 2. The maximum Gasteiger partial charge on any atom is 0.265 e. The van der Waals surface area contributed by atoms with Crippen LogP contribution in [-0.2, 0) is 4.79 Å². The van der Waals surface area contributed by atoms with E-state index in [0.717, 1.165) is 5.56 Å².